The number of hydrogen-bond donors (Lipinski definition) is 1. The van der Waals surface area contributed by atoms with Gasteiger partial charge in [-0.15, -0.1) is 0 Å². The van der Waals surface area contributed by atoms with Gasteiger partial charge in [-0.1, -0.05) is 29.8 Å². The Labute approximate surface area is 125 Å². The molecule has 0 bridgehead atoms. The smallest absolute Gasteiger partial charge is 0.00419 e. The quantitative estimate of drug-likeness (QED) is 0.693. The van der Waals surface area contributed by atoms with Gasteiger partial charge in [-0.25, -0.2) is 0 Å². The van der Waals surface area contributed by atoms with E-state index in [1.807, 2.05) is 0 Å². The van der Waals surface area contributed by atoms with E-state index < -0.39 is 0 Å². The molecule has 0 aliphatic rings. The lowest BCUT2D eigenvalue weighted by Crippen LogP contribution is -2.32. The van der Waals surface area contributed by atoms with Gasteiger partial charge in [0.25, 0.3) is 0 Å². The largest absolute Gasteiger partial charge is 0.314 e. The van der Waals surface area contributed by atoms with Crippen molar-refractivity contribution in [3.05, 3.63) is 35.4 Å². The molecule has 0 radical (unpaired) electrons. The van der Waals surface area contributed by atoms with Crippen molar-refractivity contribution < 1.29 is 0 Å². The van der Waals surface area contributed by atoms with Crippen LogP contribution >= 0.6 is 0 Å². The number of rotatable bonds is 9. The lowest BCUT2D eigenvalue weighted by atomic mass is 10.0. The van der Waals surface area contributed by atoms with Crippen LogP contribution < -0.4 is 5.32 Å². The van der Waals surface area contributed by atoms with E-state index in [9.17, 15) is 0 Å². The van der Waals surface area contributed by atoms with Crippen LogP contribution in [0, 0.1) is 6.92 Å². The molecule has 0 aromatic heterocycles. The number of nitrogens with one attached hydrogen (secondary N) is 1. The van der Waals surface area contributed by atoms with Crippen LogP contribution in [0.25, 0.3) is 0 Å². The molecule has 1 atom stereocenters. The van der Waals surface area contributed by atoms with Crippen molar-refractivity contribution in [2.24, 2.45) is 0 Å². The summed E-state index contributed by atoms with van der Waals surface area (Å²) >= 11 is 0. The van der Waals surface area contributed by atoms with Crippen molar-refractivity contribution in [2.75, 3.05) is 20.1 Å². The Morgan fingerprint density at radius 1 is 1.20 bits per heavy atom. The fourth-order valence-corrected chi connectivity index (χ4v) is 2.29. The summed E-state index contributed by atoms with van der Waals surface area (Å²) in [6.07, 6.45) is 3.61. The van der Waals surface area contributed by atoms with Gasteiger partial charge in [-0.2, -0.15) is 0 Å². The zero-order valence-corrected chi connectivity index (χ0v) is 13.9. The topological polar surface area (TPSA) is 15.3 Å². The van der Waals surface area contributed by atoms with E-state index in [-0.39, 0.29) is 0 Å². The lowest BCUT2D eigenvalue weighted by molar-refractivity contribution is 0.268. The monoisotopic (exact) mass is 276 g/mol. The summed E-state index contributed by atoms with van der Waals surface area (Å²) in [6, 6.07) is 10.1. The molecule has 1 aromatic carbocycles. The van der Waals surface area contributed by atoms with Crippen LogP contribution in [0.5, 0.6) is 0 Å². The molecule has 2 heteroatoms. The highest BCUT2D eigenvalue weighted by Crippen LogP contribution is 2.08. The first kappa shape index (κ1) is 17.2. The molecule has 20 heavy (non-hydrogen) atoms. The van der Waals surface area contributed by atoms with Crippen molar-refractivity contribution in [3.8, 4) is 0 Å². The van der Waals surface area contributed by atoms with Crippen LogP contribution in [-0.4, -0.2) is 37.1 Å². The Bertz CT molecular complexity index is 373. The van der Waals surface area contributed by atoms with E-state index in [0.29, 0.717) is 12.1 Å². The number of benzene rings is 1. The maximum atomic E-state index is 3.64. The summed E-state index contributed by atoms with van der Waals surface area (Å²) < 4.78 is 0. The minimum Gasteiger partial charge on any atom is -0.314 e. The fraction of sp³-hybridized carbons (Fsp3) is 0.667. The first-order chi connectivity index (χ1) is 9.49. The van der Waals surface area contributed by atoms with E-state index in [4.69, 9.17) is 0 Å². The van der Waals surface area contributed by atoms with Crippen LogP contribution in [0.3, 0.4) is 0 Å². The predicted molar refractivity (Wildman–Crippen MR) is 89.3 cm³/mol. The minimum atomic E-state index is 0.597. The van der Waals surface area contributed by atoms with Crippen molar-refractivity contribution in [1.29, 1.82) is 0 Å². The molecule has 2 nitrogen and oxygen atoms in total. The molecule has 0 aliphatic heterocycles. The molecule has 1 aromatic rings. The van der Waals surface area contributed by atoms with Crippen molar-refractivity contribution in [1.82, 2.24) is 10.2 Å². The molecular formula is C18H32N2. The maximum Gasteiger partial charge on any atom is 0.00419 e. The van der Waals surface area contributed by atoms with Crippen molar-refractivity contribution in [3.63, 3.8) is 0 Å². The molecule has 0 saturated heterocycles. The summed E-state index contributed by atoms with van der Waals surface area (Å²) in [5.41, 5.74) is 2.82. The summed E-state index contributed by atoms with van der Waals surface area (Å²) in [7, 11) is 2.20. The lowest BCUT2D eigenvalue weighted by Gasteiger charge is -2.21. The normalized spacial score (nSPS) is 13.2. The minimum absolute atomic E-state index is 0.597. The van der Waals surface area contributed by atoms with Gasteiger partial charge < -0.3 is 10.2 Å². The second kappa shape index (κ2) is 9.15. The first-order valence-corrected chi connectivity index (χ1v) is 7.98. The number of hydrogen-bond acceptors (Lipinski definition) is 2. The molecule has 1 N–H and O–H groups in total. The zero-order chi connectivity index (χ0) is 15.0. The average molecular weight is 276 g/mol. The summed E-state index contributed by atoms with van der Waals surface area (Å²) in [6.45, 7) is 11.2. The SMILES string of the molecule is Cc1cccc(CCC(C)NCCCN(C)C(C)C)c1. The van der Waals surface area contributed by atoms with Gasteiger partial charge in [-0.05, 0) is 72.7 Å². The second-order valence-electron chi connectivity index (χ2n) is 6.31. The van der Waals surface area contributed by atoms with Gasteiger partial charge in [0.05, 0.1) is 0 Å². The van der Waals surface area contributed by atoms with E-state index >= 15 is 0 Å². The second-order valence-corrected chi connectivity index (χ2v) is 6.31. The van der Waals surface area contributed by atoms with Crippen LogP contribution in [0.1, 0.15) is 44.7 Å². The van der Waals surface area contributed by atoms with Gasteiger partial charge >= 0.3 is 0 Å². The van der Waals surface area contributed by atoms with E-state index in [1.54, 1.807) is 0 Å². The summed E-state index contributed by atoms with van der Waals surface area (Å²) in [5, 5.41) is 3.64. The third-order valence-corrected chi connectivity index (χ3v) is 4.01. The molecule has 1 unspecified atom stereocenters. The Morgan fingerprint density at radius 2 is 1.95 bits per heavy atom. The van der Waals surface area contributed by atoms with Gasteiger partial charge in [0.1, 0.15) is 0 Å². The predicted octanol–water partition coefficient (Wildman–Crippen LogP) is 3.64. The highest BCUT2D eigenvalue weighted by Gasteiger charge is 2.04. The standard InChI is InChI=1S/C18H32N2/c1-15(2)20(5)13-7-12-19-17(4)10-11-18-9-6-8-16(3)14-18/h6,8-9,14-15,17,19H,7,10-13H2,1-5H3. The van der Waals surface area contributed by atoms with Gasteiger partial charge in [0.15, 0.2) is 0 Å². The molecule has 0 amide bonds. The van der Waals surface area contributed by atoms with Crippen LogP contribution in [0.15, 0.2) is 24.3 Å². The van der Waals surface area contributed by atoms with E-state index in [2.05, 4.69) is 69.2 Å². The molecule has 0 fully saturated rings. The Hall–Kier alpha value is -0.860. The van der Waals surface area contributed by atoms with Gasteiger partial charge in [0, 0.05) is 12.1 Å². The number of nitrogens with zero attached hydrogens (tertiary/aromatic N) is 1. The Kier molecular flexibility index (Phi) is 7.86. The van der Waals surface area contributed by atoms with Crippen molar-refractivity contribution in [2.45, 2.75) is 59.0 Å². The van der Waals surface area contributed by atoms with Gasteiger partial charge in [0.2, 0.25) is 0 Å². The Morgan fingerprint density at radius 3 is 2.60 bits per heavy atom. The van der Waals surface area contributed by atoms with Crippen LogP contribution in [0.2, 0.25) is 0 Å². The van der Waals surface area contributed by atoms with E-state index in [0.717, 1.165) is 6.54 Å². The van der Waals surface area contributed by atoms with Crippen LogP contribution in [0.4, 0.5) is 0 Å². The molecule has 0 heterocycles. The fourth-order valence-electron chi connectivity index (χ4n) is 2.29. The molecule has 0 spiro atoms. The summed E-state index contributed by atoms with van der Waals surface area (Å²) in [5.74, 6) is 0. The van der Waals surface area contributed by atoms with Gasteiger partial charge in [-0.3, -0.25) is 0 Å². The average Bonchev–Trinajstić information content (AvgIpc) is 2.41. The molecule has 0 aliphatic carbocycles. The Balaban J connectivity index is 2.13. The van der Waals surface area contributed by atoms with Crippen molar-refractivity contribution >= 4 is 0 Å². The third kappa shape index (κ3) is 7.06. The molecule has 114 valence electrons. The zero-order valence-electron chi connectivity index (χ0n) is 13.9. The van der Waals surface area contributed by atoms with E-state index in [1.165, 1.54) is 36.9 Å². The highest BCUT2D eigenvalue weighted by molar-refractivity contribution is 5.22. The molecule has 0 saturated carbocycles. The number of aryl methyl sites for hydroxylation is 2. The third-order valence-electron chi connectivity index (χ3n) is 4.01. The maximum absolute atomic E-state index is 3.64. The molecular weight excluding hydrogens is 244 g/mol. The highest BCUT2D eigenvalue weighted by atomic mass is 15.1. The summed E-state index contributed by atoms with van der Waals surface area (Å²) in [4.78, 5) is 2.40. The van der Waals surface area contributed by atoms with Crippen LogP contribution in [-0.2, 0) is 6.42 Å². The first-order valence-electron chi connectivity index (χ1n) is 7.98. The molecule has 1 rings (SSSR count).